The van der Waals surface area contributed by atoms with Crippen molar-refractivity contribution in [2.24, 2.45) is 0 Å². The molecule has 0 fully saturated rings. The molecule has 0 unspecified atom stereocenters. The highest BCUT2D eigenvalue weighted by Crippen LogP contribution is 2.37. The summed E-state index contributed by atoms with van der Waals surface area (Å²) in [6.07, 6.45) is 1.60. The average molecular weight is 304 g/mol. The Labute approximate surface area is 119 Å². The summed E-state index contributed by atoms with van der Waals surface area (Å²) in [6.45, 7) is 1.86. The Balaban J connectivity index is 2.40. The molecule has 6 heteroatoms. The van der Waals surface area contributed by atoms with Crippen LogP contribution in [0.3, 0.4) is 0 Å². The molecule has 0 saturated heterocycles. The summed E-state index contributed by atoms with van der Waals surface area (Å²) in [4.78, 5) is 4.05. The fraction of sp³-hybridized carbons (Fsp3) is 0.0833. The van der Waals surface area contributed by atoms with E-state index in [0.29, 0.717) is 26.5 Å². The largest absolute Gasteiger partial charge is 0.435 e. The monoisotopic (exact) mass is 302 g/mol. The molecule has 1 aromatic carbocycles. The smallest absolute Gasteiger partial charge is 0.242 e. The van der Waals surface area contributed by atoms with Crippen molar-refractivity contribution in [1.82, 2.24) is 4.98 Å². The number of nitrogens with two attached hydrogens (primary N) is 1. The molecule has 0 aliphatic carbocycles. The van der Waals surface area contributed by atoms with Gasteiger partial charge in [0, 0.05) is 12.3 Å². The normalized spacial score (nSPS) is 10.4. The van der Waals surface area contributed by atoms with Gasteiger partial charge in [-0.25, -0.2) is 4.98 Å². The molecule has 0 saturated carbocycles. The third-order valence-corrected chi connectivity index (χ3v) is 3.37. The van der Waals surface area contributed by atoms with Gasteiger partial charge >= 0.3 is 0 Å². The standard InChI is InChI=1S/C12H9Cl3N2O/c1-6-2-3-17-12(11(6)16)18-10-5-8(14)7(13)4-9(10)15/h2-5H,16H2,1H3. The van der Waals surface area contributed by atoms with Gasteiger partial charge in [0.25, 0.3) is 0 Å². The van der Waals surface area contributed by atoms with Gasteiger partial charge in [-0.2, -0.15) is 0 Å². The summed E-state index contributed by atoms with van der Waals surface area (Å²) in [6, 6.07) is 4.82. The minimum atomic E-state index is 0.287. The molecule has 94 valence electrons. The number of halogens is 3. The maximum absolute atomic E-state index is 6.01. The van der Waals surface area contributed by atoms with E-state index in [2.05, 4.69) is 4.98 Å². The maximum atomic E-state index is 6.01. The Kier molecular flexibility index (Phi) is 3.85. The van der Waals surface area contributed by atoms with Crippen LogP contribution in [-0.2, 0) is 0 Å². The molecule has 1 aromatic heterocycles. The first kappa shape index (κ1) is 13.3. The first-order valence-corrected chi connectivity index (χ1v) is 6.16. The number of rotatable bonds is 2. The van der Waals surface area contributed by atoms with E-state index in [-0.39, 0.29) is 5.88 Å². The third kappa shape index (κ3) is 2.64. The van der Waals surface area contributed by atoms with E-state index < -0.39 is 0 Å². The summed E-state index contributed by atoms with van der Waals surface area (Å²) in [7, 11) is 0. The summed E-state index contributed by atoms with van der Waals surface area (Å²) >= 11 is 17.7. The molecular weight excluding hydrogens is 295 g/mol. The minimum Gasteiger partial charge on any atom is -0.435 e. The Morgan fingerprint density at radius 3 is 2.50 bits per heavy atom. The number of benzene rings is 1. The number of aromatic nitrogens is 1. The molecular formula is C12H9Cl3N2O. The molecule has 18 heavy (non-hydrogen) atoms. The number of hydrogen-bond acceptors (Lipinski definition) is 3. The van der Waals surface area contributed by atoms with Crippen molar-refractivity contribution >= 4 is 40.5 Å². The van der Waals surface area contributed by atoms with E-state index >= 15 is 0 Å². The van der Waals surface area contributed by atoms with Gasteiger partial charge in [-0.3, -0.25) is 0 Å². The molecule has 2 rings (SSSR count). The van der Waals surface area contributed by atoms with Gasteiger partial charge in [-0.1, -0.05) is 34.8 Å². The molecule has 0 amide bonds. The lowest BCUT2D eigenvalue weighted by Crippen LogP contribution is -1.97. The van der Waals surface area contributed by atoms with E-state index in [1.165, 1.54) is 12.1 Å². The van der Waals surface area contributed by atoms with Crippen LogP contribution in [0.2, 0.25) is 15.1 Å². The molecule has 0 aliphatic heterocycles. The predicted octanol–water partition coefficient (Wildman–Crippen LogP) is 4.72. The minimum absolute atomic E-state index is 0.287. The van der Waals surface area contributed by atoms with Crippen LogP contribution >= 0.6 is 34.8 Å². The van der Waals surface area contributed by atoms with Crippen molar-refractivity contribution in [1.29, 1.82) is 0 Å². The maximum Gasteiger partial charge on any atom is 0.242 e. The van der Waals surface area contributed by atoms with Crippen LogP contribution in [0, 0.1) is 6.92 Å². The van der Waals surface area contributed by atoms with Crippen LogP contribution in [0.5, 0.6) is 11.6 Å². The van der Waals surface area contributed by atoms with E-state index in [0.717, 1.165) is 5.56 Å². The van der Waals surface area contributed by atoms with Crippen molar-refractivity contribution in [3.8, 4) is 11.6 Å². The molecule has 2 N–H and O–H groups in total. The Morgan fingerprint density at radius 1 is 1.11 bits per heavy atom. The zero-order valence-electron chi connectivity index (χ0n) is 9.38. The van der Waals surface area contributed by atoms with Gasteiger partial charge < -0.3 is 10.5 Å². The van der Waals surface area contributed by atoms with Crippen LogP contribution in [0.1, 0.15) is 5.56 Å². The number of ether oxygens (including phenoxy) is 1. The number of nitrogen functional groups attached to an aromatic ring is 1. The molecule has 0 atom stereocenters. The molecule has 0 radical (unpaired) electrons. The zero-order valence-corrected chi connectivity index (χ0v) is 11.6. The Bertz CT molecular complexity index is 602. The highest BCUT2D eigenvalue weighted by molar-refractivity contribution is 6.43. The van der Waals surface area contributed by atoms with E-state index in [4.69, 9.17) is 45.3 Å². The highest BCUT2D eigenvalue weighted by atomic mass is 35.5. The van der Waals surface area contributed by atoms with Crippen molar-refractivity contribution in [3.63, 3.8) is 0 Å². The molecule has 0 bridgehead atoms. The van der Waals surface area contributed by atoms with E-state index in [9.17, 15) is 0 Å². The second-order valence-electron chi connectivity index (χ2n) is 3.65. The lowest BCUT2D eigenvalue weighted by Gasteiger charge is -2.10. The highest BCUT2D eigenvalue weighted by Gasteiger charge is 2.11. The summed E-state index contributed by atoms with van der Waals surface area (Å²) in [5.41, 5.74) is 7.19. The molecule has 0 aliphatic rings. The molecule has 2 aromatic rings. The van der Waals surface area contributed by atoms with Gasteiger partial charge in [-0.15, -0.1) is 0 Å². The number of hydrogen-bond donors (Lipinski definition) is 1. The van der Waals surface area contributed by atoms with E-state index in [1.807, 2.05) is 6.92 Å². The van der Waals surface area contributed by atoms with Crippen molar-refractivity contribution < 1.29 is 4.74 Å². The van der Waals surface area contributed by atoms with Gasteiger partial charge in [0.05, 0.1) is 20.8 Å². The first-order valence-electron chi connectivity index (χ1n) is 5.02. The van der Waals surface area contributed by atoms with Crippen LogP contribution < -0.4 is 10.5 Å². The van der Waals surface area contributed by atoms with Crippen molar-refractivity contribution in [2.75, 3.05) is 5.73 Å². The number of aryl methyl sites for hydroxylation is 1. The summed E-state index contributed by atoms with van der Waals surface area (Å²) < 4.78 is 5.55. The fourth-order valence-corrected chi connectivity index (χ4v) is 1.89. The summed E-state index contributed by atoms with van der Waals surface area (Å²) in [5, 5.41) is 1.05. The van der Waals surface area contributed by atoms with Crippen LogP contribution in [0.25, 0.3) is 0 Å². The number of anilines is 1. The third-order valence-electron chi connectivity index (χ3n) is 2.35. The van der Waals surface area contributed by atoms with Crippen LogP contribution in [0.4, 0.5) is 5.69 Å². The van der Waals surface area contributed by atoms with Gasteiger partial charge in [0.15, 0.2) is 0 Å². The topological polar surface area (TPSA) is 48.1 Å². The predicted molar refractivity (Wildman–Crippen MR) is 74.9 cm³/mol. The lowest BCUT2D eigenvalue weighted by molar-refractivity contribution is 0.465. The fourth-order valence-electron chi connectivity index (χ4n) is 1.31. The first-order chi connectivity index (χ1) is 8.49. The summed E-state index contributed by atoms with van der Waals surface area (Å²) in [5.74, 6) is 0.645. The van der Waals surface area contributed by atoms with Gasteiger partial charge in [0.2, 0.25) is 5.88 Å². The van der Waals surface area contributed by atoms with E-state index in [1.54, 1.807) is 12.3 Å². The van der Waals surface area contributed by atoms with Gasteiger partial charge in [0.1, 0.15) is 5.75 Å². The Morgan fingerprint density at radius 2 is 1.78 bits per heavy atom. The second-order valence-corrected chi connectivity index (χ2v) is 4.87. The van der Waals surface area contributed by atoms with Crippen LogP contribution in [0.15, 0.2) is 24.4 Å². The quantitative estimate of drug-likeness (QED) is 0.816. The molecule has 3 nitrogen and oxygen atoms in total. The van der Waals surface area contributed by atoms with Crippen molar-refractivity contribution in [3.05, 3.63) is 45.0 Å². The van der Waals surface area contributed by atoms with Gasteiger partial charge in [-0.05, 0) is 24.6 Å². The molecule has 1 heterocycles. The lowest BCUT2D eigenvalue weighted by atomic mass is 10.2. The SMILES string of the molecule is Cc1ccnc(Oc2cc(Cl)c(Cl)cc2Cl)c1N. The molecule has 0 spiro atoms. The Hall–Kier alpha value is -1.16. The number of nitrogens with zero attached hydrogens (tertiary/aromatic N) is 1. The number of pyridine rings is 1. The second kappa shape index (κ2) is 5.22. The zero-order chi connectivity index (χ0) is 13.3. The van der Waals surface area contributed by atoms with Crippen LogP contribution in [-0.4, -0.2) is 4.98 Å². The van der Waals surface area contributed by atoms with Crippen molar-refractivity contribution in [2.45, 2.75) is 6.92 Å². The average Bonchev–Trinajstić information content (AvgIpc) is 2.32.